The predicted molar refractivity (Wildman–Crippen MR) is 102 cm³/mol. The van der Waals surface area contributed by atoms with Crippen LogP contribution >= 0.6 is 12.2 Å². The summed E-state index contributed by atoms with van der Waals surface area (Å²) >= 11 is 5.15. The normalized spacial score (nSPS) is 15.8. The minimum Gasteiger partial charge on any atom is -0.497 e. The lowest BCUT2D eigenvalue weighted by Crippen LogP contribution is -2.30. The molecule has 0 aromatic heterocycles. The van der Waals surface area contributed by atoms with Gasteiger partial charge in [0.1, 0.15) is 17.2 Å². The van der Waals surface area contributed by atoms with E-state index in [9.17, 15) is 18.0 Å². The van der Waals surface area contributed by atoms with Crippen LogP contribution in [0.1, 0.15) is 11.1 Å². The van der Waals surface area contributed by atoms with Gasteiger partial charge in [0.15, 0.2) is 5.11 Å². The number of carbonyl (C=O) groups excluding carboxylic acids is 1. The minimum atomic E-state index is -4.52. The van der Waals surface area contributed by atoms with Crippen LogP contribution in [0.3, 0.4) is 0 Å². The Morgan fingerprint density at radius 3 is 2.50 bits per heavy atom. The highest BCUT2D eigenvalue weighted by Gasteiger charge is 2.35. The zero-order valence-corrected chi connectivity index (χ0v) is 15.6. The Bertz CT molecular complexity index is 973. The predicted octanol–water partition coefficient (Wildman–Crippen LogP) is 3.98. The van der Waals surface area contributed by atoms with Crippen molar-refractivity contribution in [2.45, 2.75) is 6.18 Å². The fourth-order valence-corrected chi connectivity index (χ4v) is 2.98. The fraction of sp³-hybridized carbons (Fsp3) is 0.158. The maximum atomic E-state index is 13.0. The van der Waals surface area contributed by atoms with E-state index in [0.717, 1.165) is 17.0 Å². The highest BCUT2D eigenvalue weighted by molar-refractivity contribution is 7.80. The molecule has 1 saturated heterocycles. The molecule has 3 rings (SSSR count). The second-order valence-electron chi connectivity index (χ2n) is 5.78. The Morgan fingerprint density at radius 2 is 1.86 bits per heavy atom. The summed E-state index contributed by atoms with van der Waals surface area (Å²) in [7, 11) is 2.99. The van der Waals surface area contributed by atoms with Crippen LogP contribution in [0.2, 0.25) is 0 Å². The van der Waals surface area contributed by atoms with Crippen molar-refractivity contribution in [1.82, 2.24) is 5.32 Å². The molecule has 9 heteroatoms. The summed E-state index contributed by atoms with van der Waals surface area (Å²) in [5.41, 5.74) is -0.143. The van der Waals surface area contributed by atoms with Crippen LogP contribution in [0.5, 0.6) is 11.5 Å². The molecule has 1 N–H and O–H groups in total. The third kappa shape index (κ3) is 3.79. The SMILES string of the molecule is COc1ccc(C=C2NC(=S)N(c3cccc(C(F)(F)F)c3)C2=O)c(OC)c1. The number of halogens is 3. The number of carbonyl (C=O) groups is 1. The van der Waals surface area contributed by atoms with Crippen molar-refractivity contribution in [2.24, 2.45) is 0 Å². The number of hydrogen-bond donors (Lipinski definition) is 1. The van der Waals surface area contributed by atoms with Crippen LogP contribution in [0.15, 0.2) is 48.2 Å². The minimum absolute atomic E-state index is 0.0111. The van der Waals surface area contributed by atoms with Crippen LogP contribution in [-0.2, 0) is 11.0 Å². The number of nitrogens with one attached hydrogen (secondary N) is 1. The third-order valence-corrected chi connectivity index (χ3v) is 4.33. The van der Waals surface area contributed by atoms with E-state index in [4.69, 9.17) is 21.7 Å². The van der Waals surface area contributed by atoms with Crippen molar-refractivity contribution in [3.8, 4) is 11.5 Å². The molecule has 1 fully saturated rings. The number of methoxy groups -OCH3 is 2. The second-order valence-corrected chi connectivity index (χ2v) is 6.17. The summed E-state index contributed by atoms with van der Waals surface area (Å²) in [4.78, 5) is 13.8. The Morgan fingerprint density at radius 1 is 1.11 bits per heavy atom. The largest absolute Gasteiger partial charge is 0.497 e. The zero-order chi connectivity index (χ0) is 20.5. The van der Waals surface area contributed by atoms with E-state index >= 15 is 0 Å². The molecule has 5 nitrogen and oxygen atoms in total. The van der Waals surface area contributed by atoms with E-state index in [1.165, 1.54) is 32.4 Å². The lowest BCUT2D eigenvalue weighted by atomic mass is 10.1. The van der Waals surface area contributed by atoms with Gasteiger partial charge in [-0.25, -0.2) is 0 Å². The van der Waals surface area contributed by atoms with Gasteiger partial charge in [0.25, 0.3) is 5.91 Å². The number of alkyl halides is 3. The number of nitrogens with zero attached hydrogens (tertiary/aromatic N) is 1. The molecule has 1 heterocycles. The summed E-state index contributed by atoms with van der Waals surface area (Å²) < 4.78 is 49.3. The number of rotatable bonds is 4. The van der Waals surface area contributed by atoms with Crippen molar-refractivity contribution >= 4 is 35.0 Å². The van der Waals surface area contributed by atoms with Crippen LogP contribution in [0, 0.1) is 0 Å². The van der Waals surface area contributed by atoms with E-state index in [1.54, 1.807) is 18.2 Å². The first kappa shape index (κ1) is 19.7. The van der Waals surface area contributed by atoms with E-state index in [-0.39, 0.29) is 16.5 Å². The molecular formula is C19H15F3N2O3S. The molecule has 0 atom stereocenters. The fourth-order valence-electron chi connectivity index (χ4n) is 2.68. The Hall–Kier alpha value is -3.07. The molecule has 0 saturated carbocycles. The molecule has 0 spiro atoms. The highest BCUT2D eigenvalue weighted by Crippen LogP contribution is 2.33. The molecule has 28 heavy (non-hydrogen) atoms. The van der Waals surface area contributed by atoms with Crippen molar-refractivity contribution in [2.75, 3.05) is 19.1 Å². The van der Waals surface area contributed by atoms with E-state index < -0.39 is 17.6 Å². The molecule has 2 aromatic rings. The van der Waals surface area contributed by atoms with E-state index in [1.807, 2.05) is 0 Å². The Labute approximate surface area is 164 Å². The average Bonchev–Trinajstić information content (AvgIpc) is 2.94. The van der Waals surface area contributed by atoms with Gasteiger partial charge in [-0.1, -0.05) is 6.07 Å². The number of ether oxygens (including phenoxy) is 2. The summed E-state index contributed by atoms with van der Waals surface area (Å²) in [5, 5.41) is 2.73. The van der Waals surface area contributed by atoms with Gasteiger partial charge in [0.05, 0.1) is 25.5 Å². The monoisotopic (exact) mass is 408 g/mol. The maximum absolute atomic E-state index is 13.0. The molecule has 0 aliphatic carbocycles. The summed E-state index contributed by atoms with van der Waals surface area (Å²) in [6.07, 6.45) is -3.01. The first-order valence-corrected chi connectivity index (χ1v) is 8.42. The molecule has 0 unspecified atom stereocenters. The highest BCUT2D eigenvalue weighted by atomic mass is 32.1. The van der Waals surface area contributed by atoms with Gasteiger partial charge in [-0.3, -0.25) is 9.69 Å². The van der Waals surface area contributed by atoms with Crippen molar-refractivity contribution < 1.29 is 27.4 Å². The number of benzene rings is 2. The van der Waals surface area contributed by atoms with Crippen LogP contribution in [-0.4, -0.2) is 25.2 Å². The summed E-state index contributed by atoms with van der Waals surface area (Å²) in [6, 6.07) is 9.45. The number of hydrogen-bond acceptors (Lipinski definition) is 4. The smallest absolute Gasteiger partial charge is 0.416 e. The Balaban J connectivity index is 1.96. The first-order chi connectivity index (χ1) is 13.2. The third-order valence-electron chi connectivity index (χ3n) is 4.05. The van der Waals surface area contributed by atoms with Crippen LogP contribution in [0.4, 0.5) is 18.9 Å². The van der Waals surface area contributed by atoms with Gasteiger partial charge in [0, 0.05) is 11.6 Å². The first-order valence-electron chi connectivity index (χ1n) is 8.01. The van der Waals surface area contributed by atoms with Gasteiger partial charge in [-0.15, -0.1) is 0 Å². The van der Waals surface area contributed by atoms with E-state index in [2.05, 4.69) is 5.32 Å². The molecular weight excluding hydrogens is 393 g/mol. The molecule has 146 valence electrons. The Kier molecular flexibility index (Phi) is 5.28. The maximum Gasteiger partial charge on any atom is 0.416 e. The van der Waals surface area contributed by atoms with Crippen molar-refractivity contribution in [1.29, 1.82) is 0 Å². The van der Waals surface area contributed by atoms with Gasteiger partial charge in [0.2, 0.25) is 0 Å². The lowest BCUT2D eigenvalue weighted by molar-refractivity contribution is -0.137. The van der Waals surface area contributed by atoms with Gasteiger partial charge >= 0.3 is 6.18 Å². The topological polar surface area (TPSA) is 50.8 Å². The van der Waals surface area contributed by atoms with Crippen molar-refractivity contribution in [3.63, 3.8) is 0 Å². The number of amides is 1. The average molecular weight is 408 g/mol. The van der Waals surface area contributed by atoms with Crippen molar-refractivity contribution in [3.05, 3.63) is 59.3 Å². The molecule has 1 amide bonds. The van der Waals surface area contributed by atoms with Crippen LogP contribution < -0.4 is 19.7 Å². The standard InChI is InChI=1S/C19H15F3N2O3S/c1-26-14-7-6-11(16(10-14)27-2)8-15-17(25)24(18(28)23-15)13-5-3-4-12(9-13)19(20,21)22/h3-10H,1-2H3,(H,23,28). The number of thiocarbonyl (C=S) groups is 1. The van der Waals surface area contributed by atoms with Gasteiger partial charge in [-0.05, 0) is 48.6 Å². The second kappa shape index (κ2) is 7.51. The summed E-state index contributed by atoms with van der Waals surface area (Å²) in [6.45, 7) is 0. The molecule has 1 aliphatic heterocycles. The van der Waals surface area contributed by atoms with E-state index in [0.29, 0.717) is 17.1 Å². The molecule has 0 bridgehead atoms. The lowest BCUT2D eigenvalue weighted by Gasteiger charge is -2.16. The molecule has 0 radical (unpaired) electrons. The number of anilines is 1. The van der Waals surface area contributed by atoms with Gasteiger partial charge < -0.3 is 14.8 Å². The summed E-state index contributed by atoms with van der Waals surface area (Å²) in [5.74, 6) is 0.470. The molecule has 1 aliphatic rings. The quantitative estimate of drug-likeness (QED) is 0.613. The van der Waals surface area contributed by atoms with Gasteiger partial charge in [-0.2, -0.15) is 13.2 Å². The zero-order valence-electron chi connectivity index (χ0n) is 14.8. The molecule has 2 aromatic carbocycles. The van der Waals surface area contributed by atoms with Crippen LogP contribution in [0.25, 0.3) is 6.08 Å².